The Bertz CT molecular complexity index is 653. The number of pyridine rings is 1. The summed E-state index contributed by atoms with van der Waals surface area (Å²) >= 11 is 3.31. The normalized spacial score (nSPS) is 13.0. The molecule has 0 amide bonds. The summed E-state index contributed by atoms with van der Waals surface area (Å²) in [5.74, 6) is 2.36. The Morgan fingerprint density at radius 3 is 2.80 bits per heavy atom. The number of nitrogens with one attached hydrogen (secondary N) is 1. The van der Waals surface area contributed by atoms with Crippen LogP contribution in [-0.2, 0) is 0 Å². The molecule has 102 valence electrons. The quantitative estimate of drug-likeness (QED) is 0.870. The van der Waals surface area contributed by atoms with E-state index in [1.54, 1.807) is 13.3 Å². The maximum atomic E-state index is 5.91. The third kappa shape index (κ3) is 2.63. The number of aromatic nitrogens is 1. The molecule has 0 saturated carbocycles. The molecule has 2 heterocycles. The Morgan fingerprint density at radius 2 is 2.05 bits per heavy atom. The number of rotatable bonds is 3. The summed E-state index contributed by atoms with van der Waals surface area (Å²) in [6.07, 6.45) is 3.70. The highest BCUT2D eigenvalue weighted by molar-refractivity contribution is 9.10. The van der Waals surface area contributed by atoms with Crippen LogP contribution in [0.5, 0.6) is 11.5 Å². The smallest absolute Gasteiger partial charge is 0.145 e. The largest absolute Gasteiger partial charge is 0.497 e. The molecule has 0 aliphatic carbocycles. The molecule has 1 aliphatic heterocycles. The van der Waals surface area contributed by atoms with Gasteiger partial charge in [0.15, 0.2) is 0 Å². The number of benzene rings is 1. The molecule has 3 rings (SSSR count). The van der Waals surface area contributed by atoms with Crippen LogP contribution in [0.4, 0.5) is 5.69 Å². The van der Waals surface area contributed by atoms with Crippen LogP contribution in [0.2, 0.25) is 0 Å². The van der Waals surface area contributed by atoms with Crippen LogP contribution < -0.4 is 14.8 Å². The van der Waals surface area contributed by atoms with Crippen LogP contribution >= 0.6 is 15.9 Å². The van der Waals surface area contributed by atoms with Crippen LogP contribution in [0.1, 0.15) is 5.56 Å². The van der Waals surface area contributed by atoms with Gasteiger partial charge in [-0.25, -0.2) is 4.98 Å². The average molecular weight is 333 g/mol. The van der Waals surface area contributed by atoms with Crippen molar-refractivity contribution in [3.8, 4) is 11.5 Å². The van der Waals surface area contributed by atoms with E-state index < -0.39 is 0 Å². The first-order chi connectivity index (χ1) is 9.76. The second-order valence-electron chi connectivity index (χ2n) is 4.28. The number of hydrogen-bond donors (Lipinski definition) is 1. The van der Waals surface area contributed by atoms with Gasteiger partial charge in [0.25, 0.3) is 0 Å². The molecular formula is C15H13BrN2O2. The van der Waals surface area contributed by atoms with E-state index >= 15 is 0 Å². The Kier molecular flexibility index (Phi) is 3.60. The number of halogens is 1. The molecule has 0 atom stereocenters. The van der Waals surface area contributed by atoms with Crippen LogP contribution in [0.15, 0.2) is 47.2 Å². The molecule has 0 spiro atoms. The molecule has 0 radical (unpaired) electrons. The minimum atomic E-state index is 0.711. The predicted octanol–water partition coefficient (Wildman–Crippen LogP) is 3.70. The molecule has 0 bridgehead atoms. The van der Waals surface area contributed by atoms with Gasteiger partial charge >= 0.3 is 0 Å². The van der Waals surface area contributed by atoms with Gasteiger partial charge in [0.1, 0.15) is 21.9 Å². The van der Waals surface area contributed by atoms with Crippen molar-refractivity contribution in [2.45, 2.75) is 0 Å². The average Bonchev–Trinajstić information content (AvgIpc) is 2.49. The van der Waals surface area contributed by atoms with Gasteiger partial charge in [-0.3, -0.25) is 0 Å². The lowest BCUT2D eigenvalue weighted by molar-refractivity contribution is 0.415. The molecular weight excluding hydrogens is 320 g/mol. The van der Waals surface area contributed by atoms with Crippen LogP contribution in [0.25, 0.3) is 5.76 Å². The maximum absolute atomic E-state index is 5.91. The molecule has 1 aromatic carbocycles. The summed E-state index contributed by atoms with van der Waals surface area (Å²) in [4.78, 5) is 4.16. The number of hydrogen-bond acceptors (Lipinski definition) is 4. The number of fused-ring (bicyclic) bond motifs is 1. The third-order valence-corrected chi connectivity index (χ3v) is 3.47. The second kappa shape index (κ2) is 5.54. The summed E-state index contributed by atoms with van der Waals surface area (Å²) in [6.45, 7) is 0.722. The summed E-state index contributed by atoms with van der Waals surface area (Å²) in [7, 11) is 1.66. The minimum absolute atomic E-state index is 0.711. The van der Waals surface area contributed by atoms with Crippen molar-refractivity contribution in [2.75, 3.05) is 19.0 Å². The highest BCUT2D eigenvalue weighted by atomic mass is 79.9. The number of anilines is 1. The Balaban J connectivity index is 1.88. The fourth-order valence-corrected chi connectivity index (χ4v) is 2.26. The molecule has 5 heteroatoms. The Hall–Kier alpha value is -2.01. The fourth-order valence-electron chi connectivity index (χ4n) is 2.02. The molecule has 4 nitrogen and oxygen atoms in total. The van der Waals surface area contributed by atoms with E-state index in [9.17, 15) is 0 Å². The first-order valence-corrected chi connectivity index (χ1v) is 6.97. The zero-order chi connectivity index (χ0) is 13.9. The number of nitrogens with zero attached hydrogens (tertiary/aromatic N) is 1. The van der Waals surface area contributed by atoms with Crippen molar-refractivity contribution >= 4 is 27.4 Å². The van der Waals surface area contributed by atoms with Gasteiger partial charge in [-0.2, -0.15) is 0 Å². The first kappa shape index (κ1) is 13.0. The van der Waals surface area contributed by atoms with Crippen molar-refractivity contribution in [1.29, 1.82) is 0 Å². The lowest BCUT2D eigenvalue weighted by Gasteiger charge is -2.20. The van der Waals surface area contributed by atoms with Gasteiger partial charge < -0.3 is 14.8 Å². The van der Waals surface area contributed by atoms with E-state index in [1.165, 1.54) is 0 Å². The summed E-state index contributed by atoms with van der Waals surface area (Å²) < 4.78 is 11.9. The van der Waals surface area contributed by atoms with Gasteiger partial charge in [-0.1, -0.05) is 0 Å². The monoisotopic (exact) mass is 332 g/mol. The number of methoxy groups -OCH3 is 1. The molecule has 0 saturated heterocycles. The third-order valence-electron chi connectivity index (χ3n) is 3.00. The molecule has 0 fully saturated rings. The van der Waals surface area contributed by atoms with E-state index in [4.69, 9.17) is 9.47 Å². The fraction of sp³-hybridized carbons (Fsp3) is 0.133. The second-order valence-corrected chi connectivity index (χ2v) is 5.09. The standard InChI is InChI=1S/C15H13BrN2O2/c1-19-10-2-4-12-13(8-10)17-7-6-14(12)20-11-3-5-15(16)18-9-11/h2-6,8-9,17H,7H2,1H3. The Morgan fingerprint density at radius 1 is 1.20 bits per heavy atom. The topological polar surface area (TPSA) is 43.4 Å². The molecule has 1 aliphatic rings. The van der Waals surface area contributed by atoms with E-state index in [1.807, 2.05) is 36.4 Å². The summed E-state index contributed by atoms with van der Waals surface area (Å²) in [5, 5.41) is 3.30. The highest BCUT2D eigenvalue weighted by Gasteiger charge is 2.15. The van der Waals surface area contributed by atoms with Gasteiger partial charge in [-0.05, 0) is 46.3 Å². The van der Waals surface area contributed by atoms with Crippen molar-refractivity contribution in [2.24, 2.45) is 0 Å². The van der Waals surface area contributed by atoms with Crippen molar-refractivity contribution in [1.82, 2.24) is 4.98 Å². The maximum Gasteiger partial charge on any atom is 0.145 e. The van der Waals surface area contributed by atoms with Gasteiger partial charge in [0.2, 0.25) is 0 Å². The molecule has 2 aromatic rings. The zero-order valence-corrected chi connectivity index (χ0v) is 12.5. The predicted molar refractivity (Wildman–Crippen MR) is 82.0 cm³/mol. The first-order valence-electron chi connectivity index (χ1n) is 6.18. The van der Waals surface area contributed by atoms with Gasteiger partial charge in [-0.15, -0.1) is 0 Å². The SMILES string of the molecule is COc1ccc2c(c1)NCC=C2Oc1ccc(Br)nc1. The van der Waals surface area contributed by atoms with Crippen LogP contribution in [0.3, 0.4) is 0 Å². The lowest BCUT2D eigenvalue weighted by atomic mass is 10.1. The highest BCUT2D eigenvalue weighted by Crippen LogP contribution is 2.32. The van der Waals surface area contributed by atoms with Gasteiger partial charge in [0.05, 0.1) is 13.3 Å². The summed E-state index contributed by atoms with van der Waals surface area (Å²) in [5.41, 5.74) is 2.02. The Labute approximate surface area is 125 Å². The molecule has 1 aromatic heterocycles. The van der Waals surface area contributed by atoms with E-state index in [2.05, 4.69) is 26.2 Å². The van der Waals surface area contributed by atoms with E-state index in [0.717, 1.165) is 33.9 Å². The van der Waals surface area contributed by atoms with Crippen molar-refractivity contribution in [3.05, 3.63) is 52.8 Å². The van der Waals surface area contributed by atoms with Crippen molar-refractivity contribution < 1.29 is 9.47 Å². The molecule has 20 heavy (non-hydrogen) atoms. The lowest BCUT2D eigenvalue weighted by Crippen LogP contribution is -2.11. The minimum Gasteiger partial charge on any atom is -0.497 e. The zero-order valence-electron chi connectivity index (χ0n) is 10.9. The van der Waals surface area contributed by atoms with Crippen LogP contribution in [-0.4, -0.2) is 18.6 Å². The van der Waals surface area contributed by atoms with Crippen LogP contribution in [0, 0.1) is 0 Å². The van der Waals surface area contributed by atoms with E-state index in [-0.39, 0.29) is 0 Å². The number of ether oxygens (including phenoxy) is 2. The molecule has 0 unspecified atom stereocenters. The van der Waals surface area contributed by atoms with Crippen molar-refractivity contribution in [3.63, 3.8) is 0 Å². The summed E-state index contributed by atoms with van der Waals surface area (Å²) in [6, 6.07) is 9.60. The molecule has 1 N–H and O–H groups in total. The van der Waals surface area contributed by atoms with E-state index in [0.29, 0.717) is 5.75 Å². The van der Waals surface area contributed by atoms with Gasteiger partial charge in [0, 0.05) is 23.9 Å².